The fourth-order valence-corrected chi connectivity index (χ4v) is 1.61. The number of non-ortho nitro benzene ring substituents is 1. The number of nitro benzene ring substituents is 1. The predicted molar refractivity (Wildman–Crippen MR) is 60.9 cm³/mol. The molecular weight excluding hydrogens is 242 g/mol. The molecular formula is C9H9N5O4. The molecule has 1 aromatic carbocycles. The number of likely N-dealkylation sites (N-methyl/N-ethyl adjacent to an activating group) is 1. The Morgan fingerprint density at radius 3 is 2.78 bits per heavy atom. The summed E-state index contributed by atoms with van der Waals surface area (Å²) in [7, 11) is 1.61. The van der Waals surface area contributed by atoms with Crippen molar-refractivity contribution in [1.82, 2.24) is 10.3 Å². The van der Waals surface area contributed by atoms with Crippen LogP contribution in [0.15, 0.2) is 16.8 Å². The molecule has 0 unspecified atom stereocenters. The molecule has 0 spiro atoms. The van der Waals surface area contributed by atoms with Crippen LogP contribution >= 0.6 is 0 Å². The maximum Gasteiger partial charge on any atom is 0.300 e. The van der Waals surface area contributed by atoms with Crippen molar-refractivity contribution in [2.24, 2.45) is 5.73 Å². The van der Waals surface area contributed by atoms with Gasteiger partial charge in [0, 0.05) is 13.1 Å². The molecule has 1 amide bonds. The summed E-state index contributed by atoms with van der Waals surface area (Å²) in [5, 5.41) is 17.9. The number of benzene rings is 1. The van der Waals surface area contributed by atoms with Crippen LogP contribution in [0.25, 0.3) is 11.0 Å². The third kappa shape index (κ3) is 1.93. The Morgan fingerprint density at radius 2 is 2.17 bits per heavy atom. The third-order valence-corrected chi connectivity index (χ3v) is 2.37. The van der Waals surface area contributed by atoms with Gasteiger partial charge in [0.25, 0.3) is 0 Å². The van der Waals surface area contributed by atoms with Crippen molar-refractivity contribution in [1.29, 1.82) is 0 Å². The van der Waals surface area contributed by atoms with Crippen LogP contribution in [-0.4, -0.2) is 34.7 Å². The first-order chi connectivity index (χ1) is 8.50. The zero-order chi connectivity index (χ0) is 13.3. The van der Waals surface area contributed by atoms with E-state index in [1.807, 2.05) is 0 Å². The first-order valence-electron chi connectivity index (χ1n) is 4.90. The van der Waals surface area contributed by atoms with Crippen molar-refractivity contribution in [2.75, 3.05) is 18.5 Å². The lowest BCUT2D eigenvalue weighted by Gasteiger charge is -2.16. The van der Waals surface area contributed by atoms with Crippen LogP contribution in [0.3, 0.4) is 0 Å². The lowest BCUT2D eigenvalue weighted by Crippen LogP contribution is -2.30. The van der Waals surface area contributed by atoms with E-state index in [0.717, 1.165) is 0 Å². The summed E-state index contributed by atoms with van der Waals surface area (Å²) in [4.78, 5) is 22.6. The molecule has 2 aromatic rings. The maximum absolute atomic E-state index is 10.8. The van der Waals surface area contributed by atoms with E-state index in [-0.39, 0.29) is 23.3 Å². The molecule has 9 nitrogen and oxygen atoms in total. The van der Waals surface area contributed by atoms with Gasteiger partial charge in [-0.1, -0.05) is 0 Å². The van der Waals surface area contributed by atoms with Gasteiger partial charge in [-0.05, 0) is 16.4 Å². The van der Waals surface area contributed by atoms with Crippen molar-refractivity contribution < 1.29 is 14.3 Å². The van der Waals surface area contributed by atoms with Crippen LogP contribution in [0.2, 0.25) is 0 Å². The summed E-state index contributed by atoms with van der Waals surface area (Å²) in [5.74, 6) is -0.527. The second kappa shape index (κ2) is 4.28. The summed E-state index contributed by atoms with van der Waals surface area (Å²) in [6.07, 6.45) is 0. The van der Waals surface area contributed by atoms with Gasteiger partial charge >= 0.3 is 5.69 Å². The first-order valence-corrected chi connectivity index (χ1v) is 4.90. The number of anilines is 1. The lowest BCUT2D eigenvalue weighted by molar-refractivity contribution is -0.383. The second-order valence-corrected chi connectivity index (χ2v) is 3.64. The molecule has 0 aliphatic rings. The molecule has 0 saturated carbocycles. The van der Waals surface area contributed by atoms with Gasteiger partial charge in [-0.2, -0.15) is 0 Å². The number of carbonyl (C=O) groups is 1. The number of nitrogens with zero attached hydrogens (tertiary/aromatic N) is 4. The molecule has 0 bridgehead atoms. The zero-order valence-corrected chi connectivity index (χ0v) is 9.36. The highest BCUT2D eigenvalue weighted by Gasteiger charge is 2.21. The van der Waals surface area contributed by atoms with Crippen LogP contribution in [0.1, 0.15) is 0 Å². The number of rotatable bonds is 4. The van der Waals surface area contributed by atoms with Crippen LogP contribution in [0.4, 0.5) is 11.4 Å². The highest BCUT2D eigenvalue weighted by Crippen LogP contribution is 2.30. The van der Waals surface area contributed by atoms with E-state index >= 15 is 0 Å². The number of fused-ring (bicyclic) bond motifs is 1. The number of primary amides is 1. The Balaban J connectivity index is 2.54. The predicted octanol–water partition coefficient (Wildman–Crippen LogP) is 0.0525. The van der Waals surface area contributed by atoms with E-state index < -0.39 is 10.8 Å². The van der Waals surface area contributed by atoms with E-state index in [2.05, 4.69) is 14.9 Å². The molecule has 0 fully saturated rings. The molecule has 18 heavy (non-hydrogen) atoms. The van der Waals surface area contributed by atoms with Crippen LogP contribution in [0, 0.1) is 10.1 Å². The standard InChI is InChI=1S/C9H9N5O4/c1-13(4-7(10)15)5-2-3-6(14(16)17)9-8(5)11-18-12-9/h2-3H,4H2,1H3,(H2,10,15). The summed E-state index contributed by atoms with van der Waals surface area (Å²) in [6.45, 7) is -0.0419. The van der Waals surface area contributed by atoms with Gasteiger partial charge in [0.1, 0.15) is 0 Å². The number of amides is 1. The Labute approximate surface area is 100 Å². The lowest BCUT2D eigenvalue weighted by atomic mass is 10.2. The monoisotopic (exact) mass is 251 g/mol. The Kier molecular flexibility index (Phi) is 2.80. The molecule has 1 heterocycles. The van der Waals surface area contributed by atoms with Crippen molar-refractivity contribution >= 4 is 28.3 Å². The number of hydrogen-bond donors (Lipinski definition) is 1. The molecule has 1 aromatic heterocycles. The molecule has 0 aliphatic carbocycles. The highest BCUT2D eigenvalue weighted by atomic mass is 16.6. The largest absolute Gasteiger partial charge is 0.368 e. The fourth-order valence-electron chi connectivity index (χ4n) is 1.61. The Bertz CT molecular complexity index is 622. The van der Waals surface area contributed by atoms with Gasteiger partial charge in [0.05, 0.1) is 17.2 Å². The molecule has 94 valence electrons. The molecule has 0 saturated heterocycles. The van der Waals surface area contributed by atoms with Gasteiger partial charge in [0.2, 0.25) is 11.4 Å². The van der Waals surface area contributed by atoms with Crippen LogP contribution in [-0.2, 0) is 4.79 Å². The zero-order valence-electron chi connectivity index (χ0n) is 9.36. The Morgan fingerprint density at radius 1 is 1.50 bits per heavy atom. The number of carbonyl (C=O) groups excluding carboxylic acids is 1. The number of nitro groups is 1. The van der Waals surface area contributed by atoms with Crippen LogP contribution in [0.5, 0.6) is 0 Å². The molecule has 0 radical (unpaired) electrons. The second-order valence-electron chi connectivity index (χ2n) is 3.64. The first kappa shape index (κ1) is 11.8. The third-order valence-electron chi connectivity index (χ3n) is 2.37. The summed E-state index contributed by atoms with van der Waals surface area (Å²) in [6, 6.07) is 2.74. The van der Waals surface area contributed by atoms with Crippen molar-refractivity contribution in [2.45, 2.75) is 0 Å². The van der Waals surface area contributed by atoms with E-state index in [4.69, 9.17) is 5.73 Å². The van der Waals surface area contributed by atoms with Gasteiger partial charge in [0.15, 0.2) is 5.52 Å². The number of nitrogens with two attached hydrogens (primary N) is 1. The minimum Gasteiger partial charge on any atom is -0.368 e. The molecule has 2 rings (SSSR count). The van der Waals surface area contributed by atoms with E-state index in [9.17, 15) is 14.9 Å². The van der Waals surface area contributed by atoms with Gasteiger partial charge in [-0.25, -0.2) is 4.63 Å². The highest BCUT2D eigenvalue weighted by molar-refractivity contribution is 5.95. The van der Waals surface area contributed by atoms with Crippen molar-refractivity contribution in [3.8, 4) is 0 Å². The maximum atomic E-state index is 10.8. The molecule has 2 N–H and O–H groups in total. The summed E-state index contributed by atoms with van der Waals surface area (Å²) < 4.78 is 4.50. The minimum absolute atomic E-state index is 0.0359. The Hall–Kier alpha value is -2.71. The van der Waals surface area contributed by atoms with E-state index in [0.29, 0.717) is 5.69 Å². The van der Waals surface area contributed by atoms with Crippen LogP contribution < -0.4 is 10.6 Å². The number of hydrogen-bond acceptors (Lipinski definition) is 7. The normalized spacial score (nSPS) is 10.5. The SMILES string of the molecule is CN(CC(N)=O)c1ccc([N+](=O)[O-])c2nonc12. The topological polar surface area (TPSA) is 128 Å². The average molecular weight is 251 g/mol. The smallest absolute Gasteiger partial charge is 0.300 e. The molecule has 9 heteroatoms. The minimum atomic E-state index is -0.579. The van der Waals surface area contributed by atoms with E-state index in [1.165, 1.54) is 17.0 Å². The van der Waals surface area contributed by atoms with Crippen molar-refractivity contribution in [3.63, 3.8) is 0 Å². The van der Waals surface area contributed by atoms with Crippen molar-refractivity contribution in [3.05, 3.63) is 22.2 Å². The fraction of sp³-hybridized carbons (Fsp3) is 0.222. The average Bonchev–Trinajstić information content (AvgIpc) is 2.74. The molecule has 0 atom stereocenters. The number of aromatic nitrogens is 2. The molecule has 0 aliphatic heterocycles. The van der Waals surface area contributed by atoms with E-state index in [1.54, 1.807) is 7.05 Å². The summed E-state index contributed by atoms with van der Waals surface area (Å²) >= 11 is 0. The summed E-state index contributed by atoms with van der Waals surface area (Å²) in [5.41, 5.74) is 5.61. The van der Waals surface area contributed by atoms with Gasteiger partial charge in [-0.15, -0.1) is 0 Å². The quantitative estimate of drug-likeness (QED) is 0.600. The van der Waals surface area contributed by atoms with Gasteiger partial charge in [-0.3, -0.25) is 14.9 Å². The van der Waals surface area contributed by atoms with Gasteiger partial charge < -0.3 is 10.6 Å².